The van der Waals surface area contributed by atoms with Crippen molar-refractivity contribution in [1.82, 2.24) is 10.2 Å². The summed E-state index contributed by atoms with van der Waals surface area (Å²) in [6.45, 7) is 1.11. The zero-order valence-electron chi connectivity index (χ0n) is 16.9. The van der Waals surface area contributed by atoms with Crippen molar-refractivity contribution < 1.29 is 19.1 Å². The van der Waals surface area contributed by atoms with E-state index in [2.05, 4.69) is 10.2 Å². The summed E-state index contributed by atoms with van der Waals surface area (Å²) >= 11 is 0. The summed E-state index contributed by atoms with van der Waals surface area (Å²) in [5, 5.41) is 3.18. The molecule has 0 bridgehead atoms. The number of amides is 2. The smallest absolute Gasteiger partial charge is 0.255 e. The van der Waals surface area contributed by atoms with E-state index < -0.39 is 5.66 Å². The van der Waals surface area contributed by atoms with Crippen LogP contribution in [0, 0.1) is 0 Å². The van der Waals surface area contributed by atoms with E-state index in [0.717, 1.165) is 5.69 Å². The highest BCUT2D eigenvalue weighted by Crippen LogP contribution is 2.36. The second-order valence-corrected chi connectivity index (χ2v) is 7.42. The van der Waals surface area contributed by atoms with Gasteiger partial charge in [-0.3, -0.25) is 9.59 Å². The van der Waals surface area contributed by atoms with Crippen molar-refractivity contribution in [3.05, 3.63) is 53.6 Å². The van der Waals surface area contributed by atoms with Gasteiger partial charge in [-0.1, -0.05) is 12.1 Å². The van der Waals surface area contributed by atoms with Crippen LogP contribution in [0.5, 0.6) is 11.5 Å². The number of fused-ring (bicyclic) bond motifs is 1. The second-order valence-electron chi connectivity index (χ2n) is 7.42. The molecule has 2 aliphatic rings. The molecule has 1 saturated heterocycles. The van der Waals surface area contributed by atoms with Crippen LogP contribution in [0.25, 0.3) is 0 Å². The van der Waals surface area contributed by atoms with Gasteiger partial charge in [-0.05, 0) is 30.3 Å². The molecule has 29 heavy (non-hydrogen) atoms. The number of nitrogens with zero attached hydrogens (tertiary/aromatic N) is 2. The number of para-hydroxylation sites is 1. The Bertz CT molecular complexity index is 951. The van der Waals surface area contributed by atoms with Gasteiger partial charge in [-0.2, -0.15) is 0 Å². The van der Waals surface area contributed by atoms with Crippen molar-refractivity contribution in [3.8, 4) is 11.5 Å². The average molecular weight is 395 g/mol. The van der Waals surface area contributed by atoms with Gasteiger partial charge in [-0.15, -0.1) is 0 Å². The number of carbonyl (C=O) groups excluding carboxylic acids is 2. The monoisotopic (exact) mass is 395 g/mol. The van der Waals surface area contributed by atoms with Crippen LogP contribution in [-0.4, -0.2) is 56.7 Å². The van der Waals surface area contributed by atoms with Crippen LogP contribution in [0.3, 0.4) is 0 Å². The van der Waals surface area contributed by atoms with E-state index in [1.54, 1.807) is 32.4 Å². The van der Waals surface area contributed by atoms with Gasteiger partial charge in [0.1, 0.15) is 5.66 Å². The summed E-state index contributed by atoms with van der Waals surface area (Å²) in [5.74, 6) is 1.01. The molecule has 2 aromatic carbocycles. The van der Waals surface area contributed by atoms with Gasteiger partial charge in [0.2, 0.25) is 0 Å². The lowest BCUT2D eigenvalue weighted by Gasteiger charge is -2.51. The number of benzene rings is 2. The molecule has 1 fully saturated rings. The maximum atomic E-state index is 13.0. The van der Waals surface area contributed by atoms with Gasteiger partial charge >= 0.3 is 0 Å². The highest BCUT2D eigenvalue weighted by Gasteiger charge is 2.44. The summed E-state index contributed by atoms with van der Waals surface area (Å²) in [4.78, 5) is 29.6. The first-order chi connectivity index (χ1) is 14.0. The standard InChI is InChI=1S/C22H25N3O4/c1-24-17-7-5-4-6-16(17)20(26)23-22(24)10-12-25(13-11-22)21(27)15-8-9-18(28-2)19(14-15)29-3/h4-9,14H,10-13H2,1-3H3,(H,23,26). The summed E-state index contributed by atoms with van der Waals surface area (Å²) in [6.07, 6.45) is 1.31. The van der Waals surface area contributed by atoms with E-state index in [1.807, 2.05) is 36.2 Å². The Hall–Kier alpha value is -3.22. The number of carbonyl (C=O) groups is 2. The topological polar surface area (TPSA) is 71.1 Å². The van der Waals surface area contributed by atoms with E-state index in [1.165, 1.54) is 0 Å². The molecule has 7 heteroatoms. The molecular weight excluding hydrogens is 370 g/mol. The SMILES string of the molecule is COc1ccc(C(=O)N2CCC3(CC2)NC(=O)c2ccccc2N3C)cc1OC. The molecule has 0 aliphatic carbocycles. The number of nitrogens with one attached hydrogen (secondary N) is 1. The fourth-order valence-corrected chi connectivity index (χ4v) is 4.24. The molecule has 4 rings (SSSR count). The molecule has 7 nitrogen and oxygen atoms in total. The van der Waals surface area contributed by atoms with Crippen molar-refractivity contribution in [1.29, 1.82) is 0 Å². The van der Waals surface area contributed by atoms with E-state index >= 15 is 0 Å². The first-order valence-corrected chi connectivity index (χ1v) is 9.66. The lowest BCUT2D eigenvalue weighted by molar-refractivity contribution is 0.0609. The normalized spacial score (nSPS) is 17.6. The lowest BCUT2D eigenvalue weighted by atomic mass is 9.90. The number of piperidine rings is 1. The molecule has 1 N–H and O–H groups in total. The molecule has 152 valence electrons. The minimum atomic E-state index is -0.472. The van der Waals surface area contributed by atoms with Crippen molar-refractivity contribution in [2.75, 3.05) is 39.3 Å². The van der Waals surface area contributed by atoms with Gasteiger partial charge in [0.15, 0.2) is 11.5 Å². The number of likely N-dealkylation sites (tertiary alicyclic amines) is 1. The van der Waals surface area contributed by atoms with Gasteiger partial charge in [-0.25, -0.2) is 0 Å². The van der Waals surface area contributed by atoms with E-state index in [4.69, 9.17) is 9.47 Å². The predicted octanol–water partition coefficient (Wildman–Crippen LogP) is 2.52. The molecule has 0 radical (unpaired) electrons. The molecule has 0 aromatic heterocycles. The summed E-state index contributed by atoms with van der Waals surface area (Å²) in [7, 11) is 5.12. The number of anilines is 1. The van der Waals surface area contributed by atoms with Gasteiger partial charge in [0.25, 0.3) is 11.8 Å². The zero-order valence-corrected chi connectivity index (χ0v) is 16.9. The Morgan fingerprint density at radius 2 is 1.72 bits per heavy atom. The Labute approximate surface area is 170 Å². The molecule has 1 spiro atoms. The Balaban J connectivity index is 1.51. The van der Waals surface area contributed by atoms with Crippen LogP contribution in [-0.2, 0) is 0 Å². The molecule has 0 saturated carbocycles. The highest BCUT2D eigenvalue weighted by molar-refractivity contribution is 6.02. The predicted molar refractivity (Wildman–Crippen MR) is 110 cm³/mol. The molecular formula is C22H25N3O4. The van der Waals surface area contributed by atoms with Crippen molar-refractivity contribution >= 4 is 17.5 Å². The van der Waals surface area contributed by atoms with Crippen LogP contribution in [0.2, 0.25) is 0 Å². The number of ether oxygens (including phenoxy) is 2. The van der Waals surface area contributed by atoms with Crippen molar-refractivity contribution in [2.24, 2.45) is 0 Å². The summed E-state index contributed by atoms with van der Waals surface area (Å²) in [5.41, 5.74) is 1.70. The highest BCUT2D eigenvalue weighted by atomic mass is 16.5. The first kappa shape index (κ1) is 19.1. The van der Waals surface area contributed by atoms with Gasteiger partial charge in [0, 0.05) is 38.5 Å². The molecule has 0 atom stereocenters. The first-order valence-electron chi connectivity index (χ1n) is 9.66. The van der Waals surface area contributed by atoms with E-state index in [9.17, 15) is 9.59 Å². The number of hydrogen-bond acceptors (Lipinski definition) is 5. The van der Waals surface area contributed by atoms with Crippen LogP contribution in [0.1, 0.15) is 33.6 Å². The molecule has 2 aliphatic heterocycles. The van der Waals surface area contributed by atoms with E-state index in [-0.39, 0.29) is 11.8 Å². The Morgan fingerprint density at radius 3 is 2.41 bits per heavy atom. The molecule has 2 aromatic rings. The summed E-state index contributed by atoms with van der Waals surface area (Å²) in [6, 6.07) is 12.8. The minimum absolute atomic E-state index is 0.0500. The van der Waals surface area contributed by atoms with E-state index in [0.29, 0.717) is 48.6 Å². The molecule has 0 unspecified atom stereocenters. The minimum Gasteiger partial charge on any atom is -0.493 e. The van der Waals surface area contributed by atoms with Gasteiger partial charge < -0.3 is 24.6 Å². The number of hydrogen-bond donors (Lipinski definition) is 1. The third-order valence-corrected chi connectivity index (χ3v) is 6.01. The van der Waals surface area contributed by atoms with Crippen molar-refractivity contribution in [2.45, 2.75) is 18.5 Å². The van der Waals surface area contributed by atoms with Crippen LogP contribution >= 0.6 is 0 Å². The van der Waals surface area contributed by atoms with Crippen LogP contribution in [0.4, 0.5) is 5.69 Å². The summed E-state index contributed by atoms with van der Waals surface area (Å²) < 4.78 is 10.6. The Morgan fingerprint density at radius 1 is 1.03 bits per heavy atom. The van der Waals surface area contributed by atoms with Crippen LogP contribution < -0.4 is 19.7 Å². The maximum Gasteiger partial charge on any atom is 0.255 e. The average Bonchev–Trinajstić information content (AvgIpc) is 2.77. The zero-order chi connectivity index (χ0) is 20.6. The fraction of sp³-hybridized carbons (Fsp3) is 0.364. The largest absolute Gasteiger partial charge is 0.493 e. The quantitative estimate of drug-likeness (QED) is 0.865. The fourth-order valence-electron chi connectivity index (χ4n) is 4.24. The van der Waals surface area contributed by atoms with Crippen LogP contribution in [0.15, 0.2) is 42.5 Å². The number of rotatable bonds is 3. The van der Waals surface area contributed by atoms with Gasteiger partial charge in [0.05, 0.1) is 25.5 Å². The Kier molecular flexibility index (Phi) is 4.82. The second kappa shape index (κ2) is 7.31. The third kappa shape index (κ3) is 3.16. The third-order valence-electron chi connectivity index (χ3n) is 6.01. The lowest BCUT2D eigenvalue weighted by Crippen LogP contribution is -2.67. The number of methoxy groups -OCH3 is 2. The molecule has 2 heterocycles. The maximum absolute atomic E-state index is 13.0. The molecule has 2 amide bonds. The van der Waals surface area contributed by atoms with Crippen molar-refractivity contribution in [3.63, 3.8) is 0 Å².